The quantitative estimate of drug-likeness (QED) is 0.840. The van der Waals surface area contributed by atoms with Gasteiger partial charge in [-0.05, 0) is 33.2 Å². The van der Waals surface area contributed by atoms with Crippen molar-refractivity contribution in [1.82, 2.24) is 19.9 Å². The summed E-state index contributed by atoms with van der Waals surface area (Å²) >= 11 is 1.70. The molecule has 1 amide bonds. The first-order valence-electron chi connectivity index (χ1n) is 7.83. The van der Waals surface area contributed by atoms with Crippen molar-refractivity contribution in [3.63, 3.8) is 0 Å². The average molecular weight is 334 g/mol. The Balaban J connectivity index is 1.51. The van der Waals surface area contributed by atoms with Gasteiger partial charge in [-0.1, -0.05) is 5.16 Å². The predicted molar refractivity (Wildman–Crippen MR) is 88.4 cm³/mol. The Labute approximate surface area is 140 Å². The van der Waals surface area contributed by atoms with Crippen LogP contribution in [0.4, 0.5) is 0 Å². The van der Waals surface area contributed by atoms with Gasteiger partial charge in [0.15, 0.2) is 0 Å². The molecule has 1 aliphatic heterocycles. The molecule has 124 valence electrons. The largest absolute Gasteiger partial charge is 0.351 e. The standard InChI is InChI=1S/C16H22N4O2S/c1-11-6-14(22-18-11)16(21)20-5-4-13(8-20)7-19(3)9-15-12(2)17-10-23-15/h6,10,13H,4-5,7-9H2,1-3H3/t13-/m0/s1. The van der Waals surface area contributed by atoms with Crippen molar-refractivity contribution < 1.29 is 9.32 Å². The molecular formula is C16H22N4O2S. The monoisotopic (exact) mass is 334 g/mol. The highest BCUT2D eigenvalue weighted by atomic mass is 32.1. The van der Waals surface area contributed by atoms with E-state index < -0.39 is 0 Å². The first-order valence-corrected chi connectivity index (χ1v) is 8.71. The highest BCUT2D eigenvalue weighted by molar-refractivity contribution is 7.09. The van der Waals surface area contributed by atoms with E-state index in [0.29, 0.717) is 11.7 Å². The molecule has 1 aliphatic rings. The van der Waals surface area contributed by atoms with Crippen molar-refractivity contribution in [2.75, 3.05) is 26.7 Å². The summed E-state index contributed by atoms with van der Waals surface area (Å²) in [5, 5.41) is 3.79. The minimum Gasteiger partial charge on any atom is -0.351 e. The fourth-order valence-electron chi connectivity index (χ4n) is 3.01. The molecule has 1 saturated heterocycles. The third kappa shape index (κ3) is 3.79. The van der Waals surface area contributed by atoms with Crippen LogP contribution in [0.3, 0.4) is 0 Å². The normalized spacial score (nSPS) is 18.1. The lowest BCUT2D eigenvalue weighted by atomic mass is 10.1. The first kappa shape index (κ1) is 16.1. The Morgan fingerprint density at radius 1 is 1.52 bits per heavy atom. The second-order valence-electron chi connectivity index (χ2n) is 6.30. The van der Waals surface area contributed by atoms with E-state index in [2.05, 4.69) is 29.0 Å². The maximum atomic E-state index is 12.4. The van der Waals surface area contributed by atoms with Crippen LogP contribution in [0.5, 0.6) is 0 Å². The van der Waals surface area contributed by atoms with E-state index in [1.807, 2.05) is 17.3 Å². The van der Waals surface area contributed by atoms with Crippen molar-refractivity contribution in [3.05, 3.63) is 33.6 Å². The first-order chi connectivity index (χ1) is 11.0. The molecule has 6 nitrogen and oxygen atoms in total. The van der Waals surface area contributed by atoms with Gasteiger partial charge >= 0.3 is 0 Å². The lowest BCUT2D eigenvalue weighted by Crippen LogP contribution is -2.31. The van der Waals surface area contributed by atoms with Gasteiger partial charge in [-0.15, -0.1) is 11.3 Å². The van der Waals surface area contributed by atoms with Gasteiger partial charge in [-0.2, -0.15) is 0 Å². The zero-order valence-electron chi connectivity index (χ0n) is 13.8. The smallest absolute Gasteiger partial charge is 0.292 e. The number of aryl methyl sites for hydroxylation is 2. The second-order valence-corrected chi connectivity index (χ2v) is 7.24. The highest BCUT2D eigenvalue weighted by Gasteiger charge is 2.29. The number of thiazole rings is 1. The van der Waals surface area contributed by atoms with Gasteiger partial charge in [0, 0.05) is 37.1 Å². The topological polar surface area (TPSA) is 62.5 Å². The summed E-state index contributed by atoms with van der Waals surface area (Å²) in [6, 6.07) is 1.70. The van der Waals surface area contributed by atoms with Crippen LogP contribution < -0.4 is 0 Å². The molecule has 0 radical (unpaired) electrons. The van der Waals surface area contributed by atoms with Crippen LogP contribution in [0.2, 0.25) is 0 Å². The summed E-state index contributed by atoms with van der Waals surface area (Å²) in [6.07, 6.45) is 1.03. The fraction of sp³-hybridized carbons (Fsp3) is 0.562. The van der Waals surface area contributed by atoms with Gasteiger partial charge in [0.2, 0.25) is 5.76 Å². The molecule has 0 spiro atoms. The number of hydrogen-bond donors (Lipinski definition) is 0. The van der Waals surface area contributed by atoms with Crippen molar-refractivity contribution >= 4 is 17.2 Å². The molecule has 1 atom stereocenters. The maximum absolute atomic E-state index is 12.4. The van der Waals surface area contributed by atoms with E-state index in [-0.39, 0.29) is 5.91 Å². The van der Waals surface area contributed by atoms with E-state index in [0.717, 1.165) is 44.0 Å². The highest BCUT2D eigenvalue weighted by Crippen LogP contribution is 2.21. The van der Waals surface area contributed by atoms with Gasteiger partial charge in [0.25, 0.3) is 5.91 Å². The Kier molecular flexibility index (Phi) is 4.77. The molecule has 7 heteroatoms. The maximum Gasteiger partial charge on any atom is 0.292 e. The van der Waals surface area contributed by atoms with Crippen LogP contribution in [0.25, 0.3) is 0 Å². The summed E-state index contributed by atoms with van der Waals surface area (Å²) in [6.45, 7) is 7.35. The van der Waals surface area contributed by atoms with Crippen molar-refractivity contribution in [2.24, 2.45) is 5.92 Å². The number of amides is 1. The molecule has 3 heterocycles. The molecule has 0 bridgehead atoms. The number of carbonyl (C=O) groups excluding carboxylic acids is 1. The third-order valence-electron chi connectivity index (χ3n) is 4.24. The Hall–Kier alpha value is -1.73. The summed E-state index contributed by atoms with van der Waals surface area (Å²) in [7, 11) is 2.13. The Bertz CT molecular complexity index is 681. The van der Waals surface area contributed by atoms with E-state index >= 15 is 0 Å². The predicted octanol–water partition coefficient (Wildman–Crippen LogP) is 2.34. The van der Waals surface area contributed by atoms with Crippen molar-refractivity contribution in [2.45, 2.75) is 26.8 Å². The van der Waals surface area contributed by atoms with Crippen molar-refractivity contribution in [1.29, 1.82) is 0 Å². The van der Waals surface area contributed by atoms with Gasteiger partial charge < -0.3 is 14.3 Å². The molecular weight excluding hydrogens is 312 g/mol. The molecule has 0 unspecified atom stereocenters. The second kappa shape index (κ2) is 6.80. The summed E-state index contributed by atoms with van der Waals surface area (Å²) in [4.78, 5) is 22.2. The molecule has 2 aromatic rings. The zero-order chi connectivity index (χ0) is 16.4. The molecule has 23 heavy (non-hydrogen) atoms. The molecule has 1 fully saturated rings. The summed E-state index contributed by atoms with van der Waals surface area (Å²) < 4.78 is 5.08. The summed E-state index contributed by atoms with van der Waals surface area (Å²) in [5.41, 5.74) is 3.75. The number of likely N-dealkylation sites (tertiary alicyclic amines) is 1. The number of carbonyl (C=O) groups is 1. The number of hydrogen-bond acceptors (Lipinski definition) is 6. The number of nitrogens with zero attached hydrogens (tertiary/aromatic N) is 4. The van der Waals surface area contributed by atoms with Crippen LogP contribution in [0, 0.1) is 19.8 Å². The minimum absolute atomic E-state index is 0.0472. The van der Waals surface area contributed by atoms with E-state index in [9.17, 15) is 4.79 Å². The SMILES string of the molecule is Cc1cc(C(=O)N2CC[C@@H](CN(C)Cc3scnc3C)C2)on1. The molecule has 2 aromatic heterocycles. The van der Waals surface area contributed by atoms with E-state index in [1.165, 1.54) is 4.88 Å². The minimum atomic E-state index is -0.0472. The molecule has 0 N–H and O–H groups in total. The molecule has 0 saturated carbocycles. The van der Waals surface area contributed by atoms with Gasteiger partial charge in [0.05, 0.1) is 16.9 Å². The van der Waals surface area contributed by atoms with E-state index in [1.54, 1.807) is 17.4 Å². The van der Waals surface area contributed by atoms with Crippen LogP contribution in [-0.2, 0) is 6.54 Å². The van der Waals surface area contributed by atoms with Gasteiger partial charge in [-0.3, -0.25) is 4.79 Å². The van der Waals surface area contributed by atoms with Crippen LogP contribution in [0.15, 0.2) is 16.1 Å². The van der Waals surface area contributed by atoms with Crippen LogP contribution >= 0.6 is 11.3 Å². The van der Waals surface area contributed by atoms with Crippen LogP contribution in [-0.4, -0.2) is 52.5 Å². The zero-order valence-corrected chi connectivity index (χ0v) is 14.6. The van der Waals surface area contributed by atoms with Gasteiger partial charge in [-0.25, -0.2) is 4.98 Å². The van der Waals surface area contributed by atoms with Gasteiger partial charge in [0.1, 0.15) is 0 Å². The lowest BCUT2D eigenvalue weighted by molar-refractivity contribution is 0.0742. The molecule has 0 aromatic carbocycles. The van der Waals surface area contributed by atoms with Crippen LogP contribution in [0.1, 0.15) is 33.2 Å². The fourth-order valence-corrected chi connectivity index (χ4v) is 3.87. The average Bonchev–Trinajstić information content (AvgIpc) is 3.22. The Morgan fingerprint density at radius 3 is 3.00 bits per heavy atom. The number of aromatic nitrogens is 2. The lowest BCUT2D eigenvalue weighted by Gasteiger charge is -2.21. The molecule has 0 aliphatic carbocycles. The van der Waals surface area contributed by atoms with E-state index in [4.69, 9.17) is 4.52 Å². The number of rotatable bonds is 5. The summed E-state index contributed by atoms with van der Waals surface area (Å²) in [5.74, 6) is 0.798. The third-order valence-corrected chi connectivity index (χ3v) is 5.16. The van der Waals surface area contributed by atoms with Crippen molar-refractivity contribution in [3.8, 4) is 0 Å². The molecule has 3 rings (SSSR count). The Morgan fingerprint density at radius 2 is 2.35 bits per heavy atom.